The van der Waals surface area contributed by atoms with Crippen molar-refractivity contribution in [3.63, 3.8) is 0 Å². The summed E-state index contributed by atoms with van der Waals surface area (Å²) in [4.78, 5) is 10.8. The molecule has 0 radical (unpaired) electrons. The van der Waals surface area contributed by atoms with E-state index in [0.29, 0.717) is 6.61 Å². The molecule has 4 heteroatoms. The molecule has 0 bridgehead atoms. The van der Waals surface area contributed by atoms with Gasteiger partial charge in [-0.15, -0.1) is 0 Å². The van der Waals surface area contributed by atoms with Crippen molar-refractivity contribution in [2.45, 2.75) is 77.0 Å². The SMILES string of the molecule is CC(OC(C)(C)C1COC(C=O)C1)C1CC(C)(C)O1. The standard InChI is InChI=1S/C15H26O4/c1-10(13-7-14(2,3)19-13)18-15(4,5)11-6-12(8-16)17-9-11/h8,10-13H,6-7,9H2,1-5H3. The van der Waals surface area contributed by atoms with Crippen LogP contribution in [0.5, 0.6) is 0 Å². The Kier molecular flexibility index (Phi) is 4.05. The van der Waals surface area contributed by atoms with Crippen LogP contribution in [-0.2, 0) is 19.0 Å². The van der Waals surface area contributed by atoms with Gasteiger partial charge in [0.1, 0.15) is 12.4 Å². The van der Waals surface area contributed by atoms with Crippen molar-refractivity contribution < 1.29 is 19.0 Å². The highest BCUT2D eigenvalue weighted by atomic mass is 16.6. The smallest absolute Gasteiger partial charge is 0.148 e. The van der Waals surface area contributed by atoms with Crippen molar-refractivity contribution in [1.82, 2.24) is 0 Å². The summed E-state index contributed by atoms with van der Waals surface area (Å²) in [6, 6.07) is 0. The van der Waals surface area contributed by atoms with Gasteiger partial charge in [-0.1, -0.05) is 0 Å². The number of rotatable bonds is 5. The van der Waals surface area contributed by atoms with Gasteiger partial charge in [0.15, 0.2) is 0 Å². The van der Waals surface area contributed by atoms with E-state index in [-0.39, 0.29) is 35.4 Å². The van der Waals surface area contributed by atoms with Crippen LogP contribution >= 0.6 is 0 Å². The van der Waals surface area contributed by atoms with Gasteiger partial charge in [-0.2, -0.15) is 0 Å². The second kappa shape index (κ2) is 5.15. The maximum absolute atomic E-state index is 10.8. The first-order chi connectivity index (χ1) is 8.73. The van der Waals surface area contributed by atoms with Gasteiger partial charge in [0.25, 0.3) is 0 Å². The Morgan fingerprint density at radius 3 is 2.53 bits per heavy atom. The predicted molar refractivity (Wildman–Crippen MR) is 72.1 cm³/mol. The molecule has 4 atom stereocenters. The number of carbonyl (C=O) groups excluding carboxylic acids is 1. The van der Waals surface area contributed by atoms with Crippen molar-refractivity contribution >= 4 is 6.29 Å². The van der Waals surface area contributed by atoms with Gasteiger partial charge in [-0.25, -0.2) is 0 Å². The molecule has 4 unspecified atom stereocenters. The molecule has 0 aromatic rings. The third-order valence-electron chi connectivity index (χ3n) is 4.34. The lowest BCUT2D eigenvalue weighted by Gasteiger charge is -2.47. The fourth-order valence-electron chi connectivity index (χ4n) is 3.03. The maximum atomic E-state index is 10.8. The molecule has 2 rings (SSSR count). The number of carbonyl (C=O) groups is 1. The van der Waals surface area contributed by atoms with Crippen LogP contribution in [-0.4, -0.2) is 42.4 Å². The van der Waals surface area contributed by atoms with Gasteiger partial charge in [0, 0.05) is 12.3 Å². The molecule has 4 nitrogen and oxygen atoms in total. The van der Waals surface area contributed by atoms with Crippen molar-refractivity contribution in [1.29, 1.82) is 0 Å². The largest absolute Gasteiger partial charge is 0.370 e. The minimum atomic E-state index is -0.291. The monoisotopic (exact) mass is 270 g/mol. The summed E-state index contributed by atoms with van der Waals surface area (Å²) in [6.45, 7) is 11.0. The quantitative estimate of drug-likeness (QED) is 0.719. The Balaban J connectivity index is 1.85. The highest BCUT2D eigenvalue weighted by molar-refractivity contribution is 5.56. The normalized spacial score (nSPS) is 35.7. The first-order valence-electron chi connectivity index (χ1n) is 7.16. The molecule has 0 aromatic heterocycles. The number of aldehydes is 1. The zero-order valence-corrected chi connectivity index (χ0v) is 12.6. The molecular formula is C15H26O4. The first kappa shape index (κ1) is 14.9. The predicted octanol–water partition coefficient (Wildman–Crippen LogP) is 2.34. The van der Waals surface area contributed by atoms with Crippen LogP contribution in [0.15, 0.2) is 0 Å². The summed E-state index contributed by atoms with van der Waals surface area (Å²) in [5.41, 5.74) is -0.300. The molecule has 0 aromatic carbocycles. The fourth-order valence-corrected chi connectivity index (χ4v) is 3.03. The lowest BCUT2D eigenvalue weighted by molar-refractivity contribution is -0.247. The molecule has 0 saturated carbocycles. The van der Waals surface area contributed by atoms with Crippen molar-refractivity contribution in [3.05, 3.63) is 0 Å². The molecular weight excluding hydrogens is 244 g/mol. The van der Waals surface area contributed by atoms with Gasteiger partial charge in [0.05, 0.1) is 30.0 Å². The molecule has 2 fully saturated rings. The Hall–Kier alpha value is -0.450. The van der Waals surface area contributed by atoms with Crippen molar-refractivity contribution in [3.8, 4) is 0 Å². The lowest BCUT2D eigenvalue weighted by Crippen LogP contribution is -2.53. The average Bonchev–Trinajstić information content (AvgIpc) is 2.74. The Labute approximate surface area is 115 Å². The molecule has 19 heavy (non-hydrogen) atoms. The summed E-state index contributed by atoms with van der Waals surface area (Å²) in [6.07, 6.45) is 2.65. The van der Waals surface area contributed by atoms with E-state index in [9.17, 15) is 4.79 Å². The zero-order chi connectivity index (χ0) is 14.3. The zero-order valence-electron chi connectivity index (χ0n) is 12.6. The van der Waals surface area contributed by atoms with E-state index in [1.54, 1.807) is 0 Å². The second-order valence-corrected chi connectivity index (χ2v) is 6.99. The molecule has 2 aliphatic heterocycles. The summed E-state index contributed by atoms with van der Waals surface area (Å²) in [5.74, 6) is 0.262. The first-order valence-corrected chi connectivity index (χ1v) is 7.16. The van der Waals surface area contributed by atoms with Crippen LogP contribution in [0.1, 0.15) is 47.5 Å². The Morgan fingerprint density at radius 1 is 1.42 bits per heavy atom. The van der Waals surface area contributed by atoms with Crippen LogP contribution in [0.25, 0.3) is 0 Å². The van der Waals surface area contributed by atoms with E-state index < -0.39 is 0 Å². The van der Waals surface area contributed by atoms with Crippen LogP contribution in [0.2, 0.25) is 0 Å². The second-order valence-electron chi connectivity index (χ2n) is 6.99. The summed E-state index contributed by atoms with van der Waals surface area (Å²) < 4.78 is 17.5. The molecule has 0 spiro atoms. The van der Waals surface area contributed by atoms with E-state index in [2.05, 4.69) is 34.6 Å². The number of ether oxygens (including phenoxy) is 3. The van der Waals surface area contributed by atoms with Crippen LogP contribution < -0.4 is 0 Å². The summed E-state index contributed by atoms with van der Waals surface area (Å²) in [5, 5.41) is 0. The van der Waals surface area contributed by atoms with Crippen LogP contribution in [0, 0.1) is 5.92 Å². The third-order valence-corrected chi connectivity index (χ3v) is 4.34. The highest BCUT2D eigenvalue weighted by Crippen LogP contribution is 2.38. The van der Waals surface area contributed by atoms with Crippen molar-refractivity contribution in [2.24, 2.45) is 5.92 Å². The molecule has 2 saturated heterocycles. The van der Waals surface area contributed by atoms with Gasteiger partial charge >= 0.3 is 0 Å². The summed E-state index contributed by atoms with van der Waals surface area (Å²) in [7, 11) is 0. The summed E-state index contributed by atoms with van der Waals surface area (Å²) >= 11 is 0. The molecule has 0 amide bonds. The Bertz CT molecular complexity index is 329. The molecule has 0 N–H and O–H groups in total. The van der Waals surface area contributed by atoms with Crippen LogP contribution in [0.4, 0.5) is 0 Å². The van der Waals surface area contributed by atoms with E-state index in [0.717, 1.165) is 19.1 Å². The van der Waals surface area contributed by atoms with E-state index in [1.807, 2.05) is 0 Å². The van der Waals surface area contributed by atoms with Gasteiger partial charge in [-0.05, 0) is 41.0 Å². The van der Waals surface area contributed by atoms with E-state index in [4.69, 9.17) is 14.2 Å². The number of hydrogen-bond acceptors (Lipinski definition) is 4. The average molecular weight is 270 g/mol. The molecule has 2 aliphatic rings. The molecule has 110 valence electrons. The topological polar surface area (TPSA) is 44.8 Å². The van der Waals surface area contributed by atoms with Gasteiger partial charge in [-0.3, -0.25) is 0 Å². The molecule has 2 heterocycles. The fraction of sp³-hybridized carbons (Fsp3) is 0.933. The van der Waals surface area contributed by atoms with E-state index >= 15 is 0 Å². The minimum absolute atomic E-state index is 0.00842. The van der Waals surface area contributed by atoms with Crippen LogP contribution in [0.3, 0.4) is 0 Å². The third kappa shape index (κ3) is 3.36. The van der Waals surface area contributed by atoms with Gasteiger partial charge < -0.3 is 19.0 Å². The minimum Gasteiger partial charge on any atom is -0.370 e. The maximum Gasteiger partial charge on any atom is 0.148 e. The van der Waals surface area contributed by atoms with Crippen molar-refractivity contribution in [2.75, 3.05) is 6.61 Å². The van der Waals surface area contributed by atoms with E-state index in [1.165, 1.54) is 0 Å². The molecule has 0 aliphatic carbocycles. The number of hydrogen-bond donors (Lipinski definition) is 0. The Morgan fingerprint density at radius 2 is 2.05 bits per heavy atom. The highest BCUT2D eigenvalue weighted by Gasteiger charge is 2.44. The lowest BCUT2D eigenvalue weighted by atomic mass is 9.87. The van der Waals surface area contributed by atoms with Gasteiger partial charge in [0.2, 0.25) is 0 Å².